The first-order chi connectivity index (χ1) is 9.07. The average Bonchev–Trinajstić information content (AvgIpc) is 2.81. The fraction of sp³-hybridized carbons (Fsp3) is 0.0667. The molecule has 1 heterocycles. The van der Waals surface area contributed by atoms with E-state index >= 15 is 0 Å². The molecule has 0 N–H and O–H groups in total. The summed E-state index contributed by atoms with van der Waals surface area (Å²) >= 11 is 0. The minimum Gasteiger partial charge on any atom is -0.316 e. The number of para-hydroxylation sites is 2. The molecule has 19 heavy (non-hydrogen) atoms. The van der Waals surface area contributed by atoms with Crippen LogP contribution < -0.4 is 0 Å². The Bertz CT molecular complexity index is 725. The van der Waals surface area contributed by atoms with Gasteiger partial charge in [-0.2, -0.15) is 13.2 Å². The van der Waals surface area contributed by atoms with Gasteiger partial charge in [0.25, 0.3) is 0 Å². The van der Waals surface area contributed by atoms with Crippen LogP contribution in [-0.4, -0.2) is 4.57 Å². The molecular weight excluding hydrogens is 251 g/mol. The second-order valence-electron chi connectivity index (χ2n) is 4.26. The Morgan fingerprint density at radius 1 is 0.789 bits per heavy atom. The number of aromatic nitrogens is 1. The molecule has 96 valence electrons. The second kappa shape index (κ2) is 4.16. The summed E-state index contributed by atoms with van der Waals surface area (Å²) in [6, 6.07) is 14.8. The largest absolute Gasteiger partial charge is 0.418 e. The molecule has 0 amide bonds. The van der Waals surface area contributed by atoms with E-state index in [4.69, 9.17) is 0 Å². The van der Waals surface area contributed by atoms with Gasteiger partial charge in [0.2, 0.25) is 0 Å². The van der Waals surface area contributed by atoms with Crippen LogP contribution >= 0.6 is 0 Å². The smallest absolute Gasteiger partial charge is 0.316 e. The molecule has 1 nitrogen and oxygen atoms in total. The van der Waals surface area contributed by atoms with E-state index in [-0.39, 0.29) is 5.69 Å². The highest BCUT2D eigenvalue weighted by atomic mass is 19.4. The van der Waals surface area contributed by atoms with Crippen molar-refractivity contribution in [3.8, 4) is 5.69 Å². The topological polar surface area (TPSA) is 4.93 Å². The molecule has 0 aliphatic heterocycles. The number of hydrogen-bond donors (Lipinski definition) is 0. The van der Waals surface area contributed by atoms with Crippen molar-refractivity contribution in [2.75, 3.05) is 0 Å². The Morgan fingerprint density at radius 2 is 1.47 bits per heavy atom. The first kappa shape index (κ1) is 11.8. The molecule has 0 fully saturated rings. The Morgan fingerprint density at radius 3 is 2.26 bits per heavy atom. The zero-order valence-electron chi connectivity index (χ0n) is 9.85. The summed E-state index contributed by atoms with van der Waals surface area (Å²) in [5.74, 6) is 0. The third kappa shape index (κ3) is 1.99. The molecule has 0 unspecified atom stereocenters. The van der Waals surface area contributed by atoms with Gasteiger partial charge in [-0.15, -0.1) is 0 Å². The lowest BCUT2D eigenvalue weighted by Gasteiger charge is -2.14. The number of benzene rings is 2. The zero-order valence-corrected chi connectivity index (χ0v) is 9.85. The third-order valence-electron chi connectivity index (χ3n) is 3.07. The molecule has 3 aromatic rings. The second-order valence-corrected chi connectivity index (χ2v) is 4.26. The highest BCUT2D eigenvalue weighted by Crippen LogP contribution is 2.34. The highest BCUT2D eigenvalue weighted by molar-refractivity contribution is 5.82. The average molecular weight is 261 g/mol. The molecule has 0 aliphatic carbocycles. The number of fused-ring (bicyclic) bond motifs is 1. The molecule has 0 spiro atoms. The van der Waals surface area contributed by atoms with E-state index in [1.54, 1.807) is 16.8 Å². The first-order valence-corrected chi connectivity index (χ1v) is 5.80. The van der Waals surface area contributed by atoms with E-state index in [0.717, 1.165) is 17.0 Å². The van der Waals surface area contributed by atoms with Crippen molar-refractivity contribution >= 4 is 10.9 Å². The summed E-state index contributed by atoms with van der Waals surface area (Å²) in [5, 5.41) is 0.916. The maximum Gasteiger partial charge on any atom is 0.418 e. The molecular formula is C15H10F3N. The number of nitrogens with zero attached hydrogens (tertiary/aromatic N) is 1. The summed E-state index contributed by atoms with van der Waals surface area (Å²) in [5.41, 5.74) is 0.284. The van der Waals surface area contributed by atoms with Crippen LogP contribution in [0.25, 0.3) is 16.6 Å². The van der Waals surface area contributed by atoms with Crippen LogP contribution in [-0.2, 0) is 6.18 Å². The van der Waals surface area contributed by atoms with Crippen molar-refractivity contribution in [2.24, 2.45) is 0 Å². The SMILES string of the molecule is FC(F)(F)c1ccccc1-n1ccc2ccccc21. The predicted molar refractivity (Wildman–Crippen MR) is 68.3 cm³/mol. The number of alkyl halides is 3. The number of halogens is 3. The van der Waals surface area contributed by atoms with E-state index in [1.165, 1.54) is 12.1 Å². The molecule has 1 aromatic heterocycles. The van der Waals surface area contributed by atoms with Crippen molar-refractivity contribution in [1.82, 2.24) is 4.57 Å². The summed E-state index contributed by atoms with van der Waals surface area (Å²) in [6.45, 7) is 0. The van der Waals surface area contributed by atoms with Crippen LogP contribution in [0.3, 0.4) is 0 Å². The van der Waals surface area contributed by atoms with E-state index in [1.807, 2.05) is 30.3 Å². The van der Waals surface area contributed by atoms with Crippen molar-refractivity contribution in [1.29, 1.82) is 0 Å². The van der Waals surface area contributed by atoms with Gasteiger partial charge in [-0.1, -0.05) is 30.3 Å². The van der Waals surface area contributed by atoms with Crippen LogP contribution in [0.5, 0.6) is 0 Å². The fourth-order valence-electron chi connectivity index (χ4n) is 2.22. The summed E-state index contributed by atoms with van der Waals surface area (Å²) in [4.78, 5) is 0. The van der Waals surface area contributed by atoms with Gasteiger partial charge in [0, 0.05) is 6.20 Å². The first-order valence-electron chi connectivity index (χ1n) is 5.80. The van der Waals surface area contributed by atoms with E-state index in [2.05, 4.69) is 0 Å². The van der Waals surface area contributed by atoms with Gasteiger partial charge >= 0.3 is 6.18 Å². The summed E-state index contributed by atoms with van der Waals surface area (Å²) in [6.07, 6.45) is -2.70. The Kier molecular flexibility index (Phi) is 2.59. The standard InChI is InChI=1S/C15H10F3N/c16-15(17,18)12-6-2-4-8-14(12)19-10-9-11-5-1-3-7-13(11)19/h1-10H. The van der Waals surface area contributed by atoms with Crippen molar-refractivity contribution in [3.05, 3.63) is 66.4 Å². The lowest BCUT2D eigenvalue weighted by molar-refractivity contribution is -0.137. The fourth-order valence-corrected chi connectivity index (χ4v) is 2.22. The van der Waals surface area contributed by atoms with Gasteiger partial charge in [0.15, 0.2) is 0 Å². The van der Waals surface area contributed by atoms with Crippen molar-refractivity contribution in [2.45, 2.75) is 6.18 Å². The van der Waals surface area contributed by atoms with Gasteiger partial charge in [-0.3, -0.25) is 0 Å². The summed E-state index contributed by atoms with van der Waals surface area (Å²) in [7, 11) is 0. The van der Waals surface area contributed by atoms with Crippen molar-refractivity contribution < 1.29 is 13.2 Å². The molecule has 0 aliphatic rings. The molecule has 0 saturated carbocycles. The molecule has 0 bridgehead atoms. The van der Waals surface area contributed by atoms with E-state index in [0.29, 0.717) is 0 Å². The van der Waals surface area contributed by atoms with Crippen LogP contribution in [0.15, 0.2) is 60.8 Å². The minimum atomic E-state index is -4.36. The lowest BCUT2D eigenvalue weighted by Crippen LogP contribution is -2.10. The Balaban J connectivity index is 2.28. The zero-order chi connectivity index (χ0) is 13.5. The predicted octanol–water partition coefficient (Wildman–Crippen LogP) is 4.65. The Labute approximate surface area is 107 Å². The van der Waals surface area contributed by atoms with Gasteiger partial charge in [0.1, 0.15) is 0 Å². The monoisotopic (exact) mass is 261 g/mol. The molecule has 3 rings (SSSR count). The van der Waals surface area contributed by atoms with Gasteiger partial charge < -0.3 is 4.57 Å². The third-order valence-corrected chi connectivity index (χ3v) is 3.07. The van der Waals surface area contributed by atoms with Crippen molar-refractivity contribution in [3.63, 3.8) is 0 Å². The molecule has 0 radical (unpaired) electrons. The van der Waals surface area contributed by atoms with Crippen LogP contribution in [0, 0.1) is 0 Å². The maximum atomic E-state index is 13.0. The lowest BCUT2D eigenvalue weighted by atomic mass is 10.1. The summed E-state index contributed by atoms with van der Waals surface area (Å²) < 4.78 is 40.6. The van der Waals surface area contributed by atoms with E-state index < -0.39 is 11.7 Å². The van der Waals surface area contributed by atoms with Crippen LogP contribution in [0.1, 0.15) is 5.56 Å². The normalized spacial score (nSPS) is 11.9. The number of hydrogen-bond acceptors (Lipinski definition) is 0. The molecule has 0 saturated heterocycles. The molecule has 4 heteroatoms. The van der Waals surface area contributed by atoms with Crippen LogP contribution in [0.2, 0.25) is 0 Å². The van der Waals surface area contributed by atoms with Gasteiger partial charge in [-0.05, 0) is 29.7 Å². The minimum absolute atomic E-state index is 0.149. The highest BCUT2D eigenvalue weighted by Gasteiger charge is 2.33. The van der Waals surface area contributed by atoms with E-state index in [9.17, 15) is 13.2 Å². The number of rotatable bonds is 1. The van der Waals surface area contributed by atoms with Gasteiger partial charge in [0.05, 0.1) is 16.8 Å². The molecule has 2 aromatic carbocycles. The maximum absolute atomic E-state index is 13.0. The van der Waals surface area contributed by atoms with Gasteiger partial charge in [-0.25, -0.2) is 0 Å². The molecule has 0 atom stereocenters. The quantitative estimate of drug-likeness (QED) is 0.601. The Hall–Kier alpha value is -2.23. The van der Waals surface area contributed by atoms with Crippen LogP contribution in [0.4, 0.5) is 13.2 Å².